The number of carboxylic acids is 1. The van der Waals surface area contributed by atoms with Crippen molar-refractivity contribution in [1.29, 1.82) is 0 Å². The molecule has 0 saturated heterocycles. The lowest BCUT2D eigenvalue weighted by Gasteiger charge is -2.16. The zero-order valence-electron chi connectivity index (χ0n) is 10.9. The molecular formula is C11H18N4O4. The molecule has 0 bridgehead atoms. The number of hydrogen-bond acceptors (Lipinski definition) is 5. The predicted octanol–water partition coefficient (Wildman–Crippen LogP) is -0.974. The summed E-state index contributed by atoms with van der Waals surface area (Å²) in [6.45, 7) is 0.333. The topological polar surface area (TPSA) is 119 Å². The molecule has 0 aliphatic carbocycles. The fourth-order valence-corrected chi connectivity index (χ4v) is 1.50. The third kappa shape index (κ3) is 4.34. The highest BCUT2D eigenvalue weighted by molar-refractivity contribution is 5.87. The molecule has 8 heteroatoms. The number of ether oxygens (including phenoxy) is 1. The van der Waals surface area contributed by atoms with Crippen LogP contribution in [0.15, 0.2) is 12.4 Å². The Hall–Kier alpha value is -1.93. The highest BCUT2D eigenvalue weighted by atomic mass is 16.5. The highest BCUT2D eigenvalue weighted by Crippen LogP contribution is 2.12. The molecule has 19 heavy (non-hydrogen) atoms. The Kier molecular flexibility index (Phi) is 5.46. The van der Waals surface area contributed by atoms with E-state index in [1.807, 2.05) is 0 Å². The van der Waals surface area contributed by atoms with Crippen molar-refractivity contribution in [2.24, 2.45) is 12.8 Å². The summed E-state index contributed by atoms with van der Waals surface area (Å²) >= 11 is 0. The molecule has 0 spiro atoms. The van der Waals surface area contributed by atoms with Gasteiger partial charge in [0.1, 0.15) is 0 Å². The number of nitrogens with one attached hydrogen (secondary N) is 1. The van der Waals surface area contributed by atoms with Crippen molar-refractivity contribution in [2.75, 3.05) is 13.7 Å². The number of amides is 1. The monoisotopic (exact) mass is 270 g/mol. The van der Waals surface area contributed by atoms with Crippen molar-refractivity contribution in [3.63, 3.8) is 0 Å². The Labute approximate surface area is 110 Å². The minimum absolute atomic E-state index is 0.321. The summed E-state index contributed by atoms with van der Waals surface area (Å²) in [7, 11) is 3.16. The summed E-state index contributed by atoms with van der Waals surface area (Å²) in [6.07, 6.45) is 3.24. The number of aryl methyl sites for hydroxylation is 1. The summed E-state index contributed by atoms with van der Waals surface area (Å²) in [6, 6.07) is -1.96. The fraction of sp³-hybridized carbons (Fsp3) is 0.545. The molecule has 0 aromatic carbocycles. The number of rotatable bonds is 7. The van der Waals surface area contributed by atoms with E-state index in [1.54, 1.807) is 7.05 Å². The van der Waals surface area contributed by atoms with Gasteiger partial charge in [0.15, 0.2) is 6.04 Å². The van der Waals surface area contributed by atoms with Gasteiger partial charge in [-0.25, -0.2) is 4.79 Å². The van der Waals surface area contributed by atoms with E-state index in [2.05, 4.69) is 10.4 Å². The molecule has 1 aromatic heterocycles. The second-order valence-electron chi connectivity index (χ2n) is 4.12. The molecule has 0 fully saturated rings. The molecule has 4 N–H and O–H groups in total. The first kappa shape index (κ1) is 15.1. The molecule has 0 aliphatic heterocycles. The van der Waals surface area contributed by atoms with Crippen molar-refractivity contribution in [1.82, 2.24) is 15.1 Å². The van der Waals surface area contributed by atoms with Crippen molar-refractivity contribution >= 4 is 11.9 Å². The minimum atomic E-state index is -1.17. The van der Waals surface area contributed by atoms with Crippen LogP contribution in [0.25, 0.3) is 0 Å². The Balaban J connectivity index is 2.69. The van der Waals surface area contributed by atoms with Gasteiger partial charge < -0.3 is 20.9 Å². The van der Waals surface area contributed by atoms with Gasteiger partial charge in [-0.3, -0.25) is 9.48 Å². The summed E-state index contributed by atoms with van der Waals surface area (Å²) in [5.41, 5.74) is 6.02. The van der Waals surface area contributed by atoms with Gasteiger partial charge in [-0.1, -0.05) is 0 Å². The third-order valence-corrected chi connectivity index (χ3v) is 2.56. The van der Waals surface area contributed by atoms with Gasteiger partial charge >= 0.3 is 5.97 Å². The van der Waals surface area contributed by atoms with Crippen LogP contribution in [-0.4, -0.2) is 46.5 Å². The molecule has 2 atom stereocenters. The van der Waals surface area contributed by atoms with Gasteiger partial charge in [0, 0.05) is 32.5 Å². The Bertz CT molecular complexity index is 446. The number of aromatic nitrogens is 2. The van der Waals surface area contributed by atoms with E-state index < -0.39 is 24.0 Å². The minimum Gasteiger partial charge on any atom is -0.479 e. The van der Waals surface area contributed by atoms with E-state index in [4.69, 9.17) is 15.6 Å². The van der Waals surface area contributed by atoms with E-state index in [1.165, 1.54) is 24.2 Å². The van der Waals surface area contributed by atoms with E-state index in [-0.39, 0.29) is 0 Å². The van der Waals surface area contributed by atoms with Crippen LogP contribution in [0.4, 0.5) is 0 Å². The molecule has 2 unspecified atom stereocenters. The predicted molar refractivity (Wildman–Crippen MR) is 66.2 cm³/mol. The average Bonchev–Trinajstić information content (AvgIpc) is 2.78. The molecule has 0 aliphatic rings. The van der Waals surface area contributed by atoms with Crippen LogP contribution in [0.2, 0.25) is 0 Å². The number of nitrogens with zero attached hydrogens (tertiary/aromatic N) is 2. The van der Waals surface area contributed by atoms with Crippen LogP contribution in [0.5, 0.6) is 0 Å². The second kappa shape index (κ2) is 6.86. The van der Waals surface area contributed by atoms with E-state index in [9.17, 15) is 9.59 Å². The molecule has 1 rings (SSSR count). The Morgan fingerprint density at radius 3 is 2.79 bits per heavy atom. The zero-order chi connectivity index (χ0) is 14.4. The maximum atomic E-state index is 11.8. The molecular weight excluding hydrogens is 252 g/mol. The van der Waals surface area contributed by atoms with Gasteiger partial charge in [0.2, 0.25) is 5.91 Å². The van der Waals surface area contributed by atoms with Crippen molar-refractivity contribution in [3.05, 3.63) is 18.0 Å². The van der Waals surface area contributed by atoms with Crippen LogP contribution >= 0.6 is 0 Å². The van der Waals surface area contributed by atoms with Gasteiger partial charge in [-0.05, 0) is 6.42 Å². The summed E-state index contributed by atoms with van der Waals surface area (Å²) in [4.78, 5) is 22.9. The van der Waals surface area contributed by atoms with Crippen LogP contribution < -0.4 is 11.1 Å². The molecule has 0 radical (unpaired) electrons. The average molecular weight is 270 g/mol. The van der Waals surface area contributed by atoms with Crippen LogP contribution in [0, 0.1) is 0 Å². The summed E-state index contributed by atoms with van der Waals surface area (Å²) in [5, 5.41) is 15.4. The van der Waals surface area contributed by atoms with Gasteiger partial charge in [-0.2, -0.15) is 5.10 Å². The number of hydrogen-bond donors (Lipinski definition) is 3. The van der Waals surface area contributed by atoms with Crippen molar-refractivity contribution in [2.45, 2.75) is 18.5 Å². The first-order valence-corrected chi connectivity index (χ1v) is 5.72. The molecule has 1 amide bonds. The summed E-state index contributed by atoms with van der Waals surface area (Å²) in [5.74, 6) is -1.70. The highest BCUT2D eigenvalue weighted by Gasteiger charge is 2.25. The second-order valence-corrected chi connectivity index (χ2v) is 4.12. The number of carbonyl (C=O) groups excluding carboxylic acids is 1. The van der Waals surface area contributed by atoms with Crippen LogP contribution in [0.3, 0.4) is 0 Å². The third-order valence-electron chi connectivity index (χ3n) is 2.56. The standard InChI is InChI=1S/C11H18N4O4/c1-15-6-7(5-13-15)9(11(17)18)14-10(16)8(12)3-4-19-2/h5-6,8-9H,3-4,12H2,1-2H3,(H,14,16)(H,17,18). The largest absolute Gasteiger partial charge is 0.479 e. The van der Waals surface area contributed by atoms with Gasteiger partial charge in [0.25, 0.3) is 0 Å². The quantitative estimate of drug-likeness (QED) is 0.586. The number of methoxy groups -OCH3 is 1. The van der Waals surface area contributed by atoms with Crippen LogP contribution in [0.1, 0.15) is 18.0 Å². The lowest BCUT2D eigenvalue weighted by atomic mass is 10.1. The van der Waals surface area contributed by atoms with E-state index in [0.717, 1.165) is 0 Å². The van der Waals surface area contributed by atoms with Crippen molar-refractivity contribution < 1.29 is 19.4 Å². The van der Waals surface area contributed by atoms with Crippen molar-refractivity contribution in [3.8, 4) is 0 Å². The zero-order valence-corrected chi connectivity index (χ0v) is 10.9. The van der Waals surface area contributed by atoms with Crippen LogP contribution in [-0.2, 0) is 21.4 Å². The SMILES string of the molecule is COCCC(N)C(=O)NC(C(=O)O)c1cnn(C)c1. The maximum absolute atomic E-state index is 11.8. The molecule has 8 nitrogen and oxygen atoms in total. The molecule has 106 valence electrons. The number of carbonyl (C=O) groups is 2. The van der Waals surface area contributed by atoms with Gasteiger partial charge in [0.05, 0.1) is 12.2 Å². The molecule has 1 aromatic rings. The lowest BCUT2D eigenvalue weighted by Crippen LogP contribution is -2.44. The first-order chi connectivity index (χ1) is 8.95. The number of aliphatic carboxylic acids is 1. The first-order valence-electron chi connectivity index (χ1n) is 5.72. The van der Waals surface area contributed by atoms with E-state index in [0.29, 0.717) is 18.6 Å². The number of nitrogens with two attached hydrogens (primary N) is 1. The molecule has 0 saturated carbocycles. The Morgan fingerprint density at radius 1 is 1.63 bits per heavy atom. The Morgan fingerprint density at radius 2 is 2.32 bits per heavy atom. The smallest absolute Gasteiger partial charge is 0.331 e. The van der Waals surface area contributed by atoms with E-state index >= 15 is 0 Å². The van der Waals surface area contributed by atoms with Gasteiger partial charge in [-0.15, -0.1) is 0 Å². The fourth-order valence-electron chi connectivity index (χ4n) is 1.50. The lowest BCUT2D eigenvalue weighted by molar-refractivity contribution is -0.142. The normalized spacial score (nSPS) is 13.8. The molecule has 1 heterocycles. The number of carboxylic acid groups (broad SMARTS) is 1. The summed E-state index contributed by atoms with van der Waals surface area (Å²) < 4.78 is 6.27. The maximum Gasteiger partial charge on any atom is 0.331 e.